The summed E-state index contributed by atoms with van der Waals surface area (Å²) < 4.78 is 10.7. The Hall–Kier alpha value is -3.22. The van der Waals surface area contributed by atoms with Crippen LogP contribution in [0.2, 0.25) is 0 Å². The van der Waals surface area contributed by atoms with Gasteiger partial charge in [0.15, 0.2) is 0 Å². The number of carbonyl (C=O) groups excluding carboxylic acids is 2. The molecule has 3 amide bonds. The van der Waals surface area contributed by atoms with E-state index in [0.29, 0.717) is 42.4 Å². The number of likely N-dealkylation sites (tertiary alicyclic amines) is 1. The van der Waals surface area contributed by atoms with Gasteiger partial charge in [-0.25, -0.2) is 4.79 Å². The van der Waals surface area contributed by atoms with Crippen molar-refractivity contribution in [2.24, 2.45) is 0 Å². The number of ether oxygens (including phenoxy) is 2. The van der Waals surface area contributed by atoms with Crippen LogP contribution < -0.4 is 20.1 Å². The van der Waals surface area contributed by atoms with Crippen molar-refractivity contribution < 1.29 is 19.1 Å². The van der Waals surface area contributed by atoms with E-state index < -0.39 is 6.04 Å². The van der Waals surface area contributed by atoms with Crippen LogP contribution in [0.3, 0.4) is 0 Å². The highest BCUT2D eigenvalue weighted by Gasteiger charge is 2.34. The molecule has 2 N–H and O–H groups in total. The van der Waals surface area contributed by atoms with Crippen molar-refractivity contribution in [1.82, 2.24) is 4.90 Å². The Morgan fingerprint density at radius 3 is 2.57 bits per heavy atom. The minimum absolute atomic E-state index is 0.213. The smallest absolute Gasteiger partial charge is 0.322 e. The molecular formula is C21H25N3O4. The topological polar surface area (TPSA) is 79.9 Å². The molecule has 1 heterocycles. The van der Waals surface area contributed by atoms with Crippen molar-refractivity contribution in [3.05, 3.63) is 48.5 Å². The van der Waals surface area contributed by atoms with Crippen LogP contribution in [0.1, 0.15) is 19.8 Å². The van der Waals surface area contributed by atoms with Crippen LogP contribution in [-0.2, 0) is 4.79 Å². The zero-order chi connectivity index (χ0) is 19.9. The lowest BCUT2D eigenvalue weighted by Crippen LogP contribution is -2.45. The first kappa shape index (κ1) is 19.5. The highest BCUT2D eigenvalue weighted by Crippen LogP contribution is 2.26. The maximum atomic E-state index is 12.8. The van der Waals surface area contributed by atoms with Crippen molar-refractivity contribution in [2.75, 3.05) is 30.9 Å². The fourth-order valence-corrected chi connectivity index (χ4v) is 3.22. The number of carbonyl (C=O) groups is 2. The first-order valence-corrected chi connectivity index (χ1v) is 9.36. The molecular weight excluding hydrogens is 358 g/mol. The van der Waals surface area contributed by atoms with E-state index in [1.807, 2.05) is 25.1 Å². The lowest BCUT2D eigenvalue weighted by Gasteiger charge is -2.24. The average molecular weight is 383 g/mol. The molecule has 2 aromatic rings. The lowest BCUT2D eigenvalue weighted by atomic mass is 10.2. The van der Waals surface area contributed by atoms with E-state index in [0.717, 1.165) is 6.42 Å². The Morgan fingerprint density at radius 2 is 1.86 bits per heavy atom. The van der Waals surface area contributed by atoms with Gasteiger partial charge in [0.2, 0.25) is 5.91 Å². The van der Waals surface area contributed by atoms with Gasteiger partial charge in [-0.2, -0.15) is 0 Å². The zero-order valence-corrected chi connectivity index (χ0v) is 16.1. The predicted molar refractivity (Wildman–Crippen MR) is 108 cm³/mol. The third kappa shape index (κ3) is 4.54. The normalized spacial score (nSPS) is 15.8. The molecule has 0 saturated carbocycles. The van der Waals surface area contributed by atoms with Crippen LogP contribution in [0.25, 0.3) is 0 Å². The number of urea groups is 1. The molecule has 7 nitrogen and oxygen atoms in total. The molecule has 1 saturated heterocycles. The summed E-state index contributed by atoms with van der Waals surface area (Å²) in [5, 5.41) is 5.74. The van der Waals surface area contributed by atoms with Gasteiger partial charge in [0.1, 0.15) is 17.5 Å². The Labute approximate surface area is 164 Å². The molecule has 0 spiro atoms. The molecule has 1 atom stereocenters. The van der Waals surface area contributed by atoms with Gasteiger partial charge < -0.3 is 25.0 Å². The summed E-state index contributed by atoms with van der Waals surface area (Å²) in [6.07, 6.45) is 1.40. The second-order valence-electron chi connectivity index (χ2n) is 6.43. The van der Waals surface area contributed by atoms with Gasteiger partial charge in [0.25, 0.3) is 0 Å². The second-order valence-corrected chi connectivity index (χ2v) is 6.43. The molecule has 7 heteroatoms. The van der Waals surface area contributed by atoms with E-state index >= 15 is 0 Å². The van der Waals surface area contributed by atoms with E-state index in [4.69, 9.17) is 9.47 Å². The number of benzene rings is 2. The monoisotopic (exact) mass is 383 g/mol. The standard InChI is InChI=1S/C21H25N3O4/c1-3-28-19-9-5-4-7-17(19)23-20(25)18-8-6-14-24(18)21(26)22-15-10-12-16(27-2)13-11-15/h4-5,7,9-13,18H,3,6,8,14H2,1-2H3,(H,22,26)(H,23,25)/t18-/m1/s1. The van der Waals surface area contributed by atoms with E-state index in [-0.39, 0.29) is 11.9 Å². The Balaban J connectivity index is 1.66. The molecule has 0 radical (unpaired) electrons. The summed E-state index contributed by atoms with van der Waals surface area (Å²) in [6.45, 7) is 2.93. The Kier molecular flexibility index (Phi) is 6.37. The number of nitrogens with one attached hydrogen (secondary N) is 2. The van der Waals surface area contributed by atoms with Gasteiger partial charge in [-0.15, -0.1) is 0 Å². The molecule has 148 valence electrons. The number of anilines is 2. The molecule has 0 bridgehead atoms. The van der Waals surface area contributed by atoms with Gasteiger partial charge in [-0.05, 0) is 56.2 Å². The molecule has 1 aliphatic heterocycles. The van der Waals surface area contributed by atoms with Crippen LogP contribution >= 0.6 is 0 Å². The molecule has 1 aliphatic rings. The van der Waals surface area contributed by atoms with E-state index in [1.165, 1.54) is 0 Å². The third-order valence-electron chi connectivity index (χ3n) is 4.60. The van der Waals surface area contributed by atoms with E-state index in [9.17, 15) is 9.59 Å². The number of methoxy groups -OCH3 is 1. The molecule has 2 aromatic carbocycles. The molecule has 0 aliphatic carbocycles. The number of rotatable bonds is 6. The summed E-state index contributed by atoms with van der Waals surface area (Å²) in [4.78, 5) is 27.1. The molecule has 0 unspecified atom stereocenters. The van der Waals surface area contributed by atoms with Crippen molar-refractivity contribution in [1.29, 1.82) is 0 Å². The van der Waals surface area contributed by atoms with Crippen molar-refractivity contribution in [3.63, 3.8) is 0 Å². The van der Waals surface area contributed by atoms with Crippen LogP contribution in [0.5, 0.6) is 11.5 Å². The van der Waals surface area contributed by atoms with Gasteiger partial charge in [-0.1, -0.05) is 12.1 Å². The highest BCUT2D eigenvalue weighted by atomic mass is 16.5. The van der Waals surface area contributed by atoms with Crippen LogP contribution in [0, 0.1) is 0 Å². The quantitative estimate of drug-likeness (QED) is 0.797. The zero-order valence-electron chi connectivity index (χ0n) is 16.1. The number of para-hydroxylation sites is 2. The minimum Gasteiger partial charge on any atom is -0.497 e. The largest absolute Gasteiger partial charge is 0.497 e. The van der Waals surface area contributed by atoms with Gasteiger partial charge in [0, 0.05) is 12.2 Å². The first-order chi connectivity index (χ1) is 13.6. The summed E-state index contributed by atoms with van der Waals surface area (Å²) >= 11 is 0. The molecule has 0 aromatic heterocycles. The first-order valence-electron chi connectivity index (χ1n) is 9.36. The fraction of sp³-hybridized carbons (Fsp3) is 0.333. The van der Waals surface area contributed by atoms with Gasteiger partial charge in [-0.3, -0.25) is 4.79 Å². The lowest BCUT2D eigenvalue weighted by molar-refractivity contribution is -0.119. The second kappa shape index (κ2) is 9.12. The number of hydrogen-bond donors (Lipinski definition) is 2. The van der Waals surface area contributed by atoms with E-state index in [1.54, 1.807) is 42.3 Å². The summed E-state index contributed by atoms with van der Waals surface area (Å²) in [5.41, 5.74) is 1.26. The summed E-state index contributed by atoms with van der Waals surface area (Å²) in [6, 6.07) is 13.5. The van der Waals surface area contributed by atoms with Crippen LogP contribution in [0.15, 0.2) is 48.5 Å². The summed E-state index contributed by atoms with van der Waals surface area (Å²) in [5.74, 6) is 1.12. The number of nitrogens with zero attached hydrogens (tertiary/aromatic N) is 1. The van der Waals surface area contributed by atoms with Crippen LogP contribution in [-0.4, -0.2) is 43.1 Å². The van der Waals surface area contributed by atoms with Crippen molar-refractivity contribution in [2.45, 2.75) is 25.8 Å². The van der Waals surface area contributed by atoms with Crippen LogP contribution in [0.4, 0.5) is 16.2 Å². The third-order valence-corrected chi connectivity index (χ3v) is 4.60. The highest BCUT2D eigenvalue weighted by molar-refractivity contribution is 6.00. The molecule has 3 rings (SSSR count). The number of hydrogen-bond acceptors (Lipinski definition) is 4. The SMILES string of the molecule is CCOc1ccccc1NC(=O)[C@H]1CCCN1C(=O)Nc1ccc(OC)cc1. The van der Waals surface area contributed by atoms with Gasteiger partial charge >= 0.3 is 6.03 Å². The average Bonchev–Trinajstić information content (AvgIpc) is 3.20. The van der Waals surface area contributed by atoms with Crippen molar-refractivity contribution >= 4 is 23.3 Å². The Bertz CT molecular complexity index is 823. The maximum absolute atomic E-state index is 12.8. The van der Waals surface area contributed by atoms with Gasteiger partial charge in [0.05, 0.1) is 19.4 Å². The van der Waals surface area contributed by atoms with Crippen molar-refractivity contribution in [3.8, 4) is 11.5 Å². The predicted octanol–water partition coefficient (Wildman–Crippen LogP) is 3.73. The Morgan fingerprint density at radius 1 is 1.11 bits per heavy atom. The minimum atomic E-state index is -0.520. The maximum Gasteiger partial charge on any atom is 0.322 e. The van der Waals surface area contributed by atoms with E-state index in [2.05, 4.69) is 10.6 Å². The number of amides is 3. The molecule has 1 fully saturated rings. The fourth-order valence-electron chi connectivity index (χ4n) is 3.22. The molecule has 28 heavy (non-hydrogen) atoms. The summed E-state index contributed by atoms with van der Waals surface area (Å²) in [7, 11) is 1.59.